The molecule has 0 bridgehead atoms. The highest BCUT2D eigenvalue weighted by Gasteiger charge is 2.17. The van der Waals surface area contributed by atoms with Crippen molar-refractivity contribution in [2.24, 2.45) is 5.73 Å². The van der Waals surface area contributed by atoms with Crippen LogP contribution >= 0.6 is 38.9 Å². The molecule has 0 fully saturated rings. The van der Waals surface area contributed by atoms with Gasteiger partial charge < -0.3 is 5.73 Å². The fourth-order valence-electron chi connectivity index (χ4n) is 1.54. The number of benzene rings is 1. The first-order valence-electron chi connectivity index (χ1n) is 4.95. The highest BCUT2D eigenvalue weighted by Crippen LogP contribution is 2.34. The van der Waals surface area contributed by atoms with E-state index in [4.69, 9.17) is 17.3 Å². The molecule has 0 aliphatic heterocycles. The van der Waals surface area contributed by atoms with Crippen LogP contribution in [-0.2, 0) is 0 Å². The van der Waals surface area contributed by atoms with Crippen LogP contribution in [0.25, 0.3) is 0 Å². The van der Waals surface area contributed by atoms with E-state index in [1.165, 1.54) is 23.5 Å². The Morgan fingerprint density at radius 1 is 1.41 bits per heavy atom. The number of hydrogen-bond donors (Lipinski definition) is 1. The zero-order valence-electron chi connectivity index (χ0n) is 9.01. The lowest BCUT2D eigenvalue weighted by Crippen LogP contribution is -2.12. The molecule has 0 aliphatic carbocycles. The minimum Gasteiger partial charge on any atom is -0.320 e. The molecular weight excluding hydrogens is 325 g/mol. The topological polar surface area (TPSA) is 26.0 Å². The highest BCUT2D eigenvalue weighted by molar-refractivity contribution is 9.11. The zero-order chi connectivity index (χ0) is 12.6. The summed E-state index contributed by atoms with van der Waals surface area (Å²) in [7, 11) is 0. The van der Waals surface area contributed by atoms with Crippen molar-refractivity contribution < 1.29 is 4.39 Å². The molecule has 1 heterocycles. The minimum atomic E-state index is -0.483. The summed E-state index contributed by atoms with van der Waals surface area (Å²) in [5.74, 6) is -0.330. The number of hydrogen-bond acceptors (Lipinski definition) is 2. The lowest BCUT2D eigenvalue weighted by Gasteiger charge is -2.11. The Balaban J connectivity index is 2.42. The summed E-state index contributed by atoms with van der Waals surface area (Å²) in [5, 5.41) is 0.490. The van der Waals surface area contributed by atoms with Crippen molar-refractivity contribution in [1.82, 2.24) is 0 Å². The van der Waals surface area contributed by atoms with Gasteiger partial charge in [-0.3, -0.25) is 0 Å². The molecule has 0 amide bonds. The molecule has 1 aromatic heterocycles. The van der Waals surface area contributed by atoms with E-state index < -0.39 is 6.04 Å². The quantitative estimate of drug-likeness (QED) is 0.849. The van der Waals surface area contributed by atoms with Crippen molar-refractivity contribution in [2.75, 3.05) is 0 Å². The van der Waals surface area contributed by atoms with Crippen LogP contribution in [0.3, 0.4) is 0 Å². The molecule has 5 heteroatoms. The standard InChI is InChI=1S/C12H10BrClFNS/c1-6-4-10(17-12(6)13)11(16)8-5-7(14)2-3-9(8)15/h2-5,11H,16H2,1H3. The molecular formula is C12H10BrClFNS. The van der Waals surface area contributed by atoms with Crippen LogP contribution in [0, 0.1) is 12.7 Å². The summed E-state index contributed by atoms with van der Waals surface area (Å²) in [6.07, 6.45) is 0. The third-order valence-electron chi connectivity index (χ3n) is 2.48. The van der Waals surface area contributed by atoms with E-state index in [9.17, 15) is 4.39 Å². The van der Waals surface area contributed by atoms with Crippen LogP contribution in [0.1, 0.15) is 22.0 Å². The van der Waals surface area contributed by atoms with Gasteiger partial charge >= 0.3 is 0 Å². The van der Waals surface area contributed by atoms with E-state index in [1.54, 1.807) is 6.07 Å². The Morgan fingerprint density at radius 2 is 2.12 bits per heavy atom. The third kappa shape index (κ3) is 2.71. The van der Waals surface area contributed by atoms with Gasteiger partial charge in [0, 0.05) is 15.5 Å². The second-order valence-corrected chi connectivity index (χ2v) is 6.59. The second-order valence-electron chi connectivity index (χ2n) is 3.75. The zero-order valence-corrected chi connectivity index (χ0v) is 12.2. The van der Waals surface area contributed by atoms with Crippen molar-refractivity contribution in [1.29, 1.82) is 0 Å². The summed E-state index contributed by atoms with van der Waals surface area (Å²) >= 11 is 10.8. The van der Waals surface area contributed by atoms with E-state index in [-0.39, 0.29) is 5.82 Å². The van der Waals surface area contributed by atoms with Gasteiger partial charge in [0.1, 0.15) is 5.82 Å². The second kappa shape index (κ2) is 5.06. The van der Waals surface area contributed by atoms with Gasteiger partial charge in [-0.25, -0.2) is 4.39 Å². The lowest BCUT2D eigenvalue weighted by molar-refractivity contribution is 0.601. The molecule has 1 nitrogen and oxygen atoms in total. The largest absolute Gasteiger partial charge is 0.320 e. The first-order chi connectivity index (χ1) is 7.99. The van der Waals surface area contributed by atoms with E-state index >= 15 is 0 Å². The number of halogens is 3. The van der Waals surface area contributed by atoms with Gasteiger partial charge in [-0.1, -0.05) is 11.6 Å². The van der Waals surface area contributed by atoms with Crippen molar-refractivity contribution in [3.05, 3.63) is 54.9 Å². The van der Waals surface area contributed by atoms with Crippen molar-refractivity contribution in [3.63, 3.8) is 0 Å². The maximum absolute atomic E-state index is 13.7. The molecule has 0 saturated heterocycles. The van der Waals surface area contributed by atoms with Crippen LogP contribution in [0.15, 0.2) is 28.1 Å². The van der Waals surface area contributed by atoms with Gasteiger partial charge in [0.05, 0.1) is 9.83 Å². The Labute approximate surface area is 117 Å². The van der Waals surface area contributed by atoms with Crippen molar-refractivity contribution >= 4 is 38.9 Å². The van der Waals surface area contributed by atoms with Crippen molar-refractivity contribution in [3.8, 4) is 0 Å². The van der Waals surface area contributed by atoms with Crippen LogP contribution in [-0.4, -0.2) is 0 Å². The normalized spacial score (nSPS) is 12.8. The molecule has 1 aromatic carbocycles. The Kier molecular flexibility index (Phi) is 3.88. The third-order valence-corrected chi connectivity index (χ3v) is 4.93. The lowest BCUT2D eigenvalue weighted by atomic mass is 10.1. The van der Waals surface area contributed by atoms with Crippen LogP contribution in [0.5, 0.6) is 0 Å². The Morgan fingerprint density at radius 3 is 2.71 bits per heavy atom. The van der Waals surface area contributed by atoms with Gasteiger partial charge in [-0.15, -0.1) is 11.3 Å². The first kappa shape index (κ1) is 13.0. The maximum Gasteiger partial charge on any atom is 0.128 e. The van der Waals surface area contributed by atoms with Gasteiger partial charge in [0.15, 0.2) is 0 Å². The predicted octanol–water partition coefficient (Wildman–Crippen LogP) is 4.66. The highest BCUT2D eigenvalue weighted by atomic mass is 79.9. The average molecular weight is 335 g/mol. The molecule has 90 valence electrons. The Bertz CT molecular complexity index is 536. The molecule has 0 aliphatic rings. The molecule has 2 aromatic rings. The maximum atomic E-state index is 13.7. The molecule has 2 rings (SSSR count). The predicted molar refractivity (Wildman–Crippen MR) is 74.2 cm³/mol. The van der Waals surface area contributed by atoms with Gasteiger partial charge in [-0.2, -0.15) is 0 Å². The number of aryl methyl sites for hydroxylation is 1. The Hall–Kier alpha value is -0.420. The molecule has 0 spiro atoms. The smallest absolute Gasteiger partial charge is 0.128 e. The van der Waals surface area contributed by atoms with Gasteiger partial charge in [0.2, 0.25) is 0 Å². The summed E-state index contributed by atoms with van der Waals surface area (Å²) in [5.41, 5.74) is 7.58. The molecule has 0 saturated carbocycles. The monoisotopic (exact) mass is 333 g/mol. The van der Waals surface area contributed by atoms with Crippen LogP contribution < -0.4 is 5.73 Å². The van der Waals surface area contributed by atoms with E-state index in [1.807, 2.05) is 13.0 Å². The van der Waals surface area contributed by atoms with Crippen LogP contribution in [0.4, 0.5) is 4.39 Å². The van der Waals surface area contributed by atoms with Crippen molar-refractivity contribution in [2.45, 2.75) is 13.0 Å². The molecule has 0 radical (unpaired) electrons. The van der Waals surface area contributed by atoms with E-state index in [0.717, 1.165) is 14.2 Å². The molecule has 1 unspecified atom stereocenters. The van der Waals surface area contributed by atoms with Gasteiger partial charge in [0.25, 0.3) is 0 Å². The minimum absolute atomic E-state index is 0.330. The average Bonchev–Trinajstić information content (AvgIpc) is 2.62. The molecule has 2 N–H and O–H groups in total. The number of thiophene rings is 1. The first-order valence-corrected chi connectivity index (χ1v) is 6.94. The van der Waals surface area contributed by atoms with Gasteiger partial charge in [-0.05, 0) is 52.7 Å². The summed E-state index contributed by atoms with van der Waals surface area (Å²) in [4.78, 5) is 0.913. The van der Waals surface area contributed by atoms with E-state index in [2.05, 4.69) is 15.9 Å². The molecule has 1 atom stereocenters. The fraction of sp³-hybridized carbons (Fsp3) is 0.167. The molecule has 17 heavy (non-hydrogen) atoms. The van der Waals surface area contributed by atoms with Crippen LogP contribution in [0.2, 0.25) is 5.02 Å². The number of nitrogens with two attached hydrogens (primary N) is 1. The summed E-state index contributed by atoms with van der Waals surface area (Å²) < 4.78 is 14.7. The fourth-order valence-corrected chi connectivity index (χ4v) is 3.32. The summed E-state index contributed by atoms with van der Waals surface area (Å²) in [6, 6.07) is 5.91. The van der Waals surface area contributed by atoms with E-state index in [0.29, 0.717) is 10.6 Å². The number of rotatable bonds is 2. The summed E-state index contributed by atoms with van der Waals surface area (Å²) in [6.45, 7) is 1.98. The SMILES string of the molecule is Cc1cc(C(N)c2cc(Cl)ccc2F)sc1Br.